The van der Waals surface area contributed by atoms with E-state index >= 15 is 4.39 Å². The van der Waals surface area contributed by atoms with Crippen LogP contribution in [0.4, 0.5) is 22.0 Å². The average molecular weight is 536 g/mol. The van der Waals surface area contributed by atoms with Gasteiger partial charge in [0.05, 0.1) is 5.56 Å². The highest BCUT2D eigenvalue weighted by Gasteiger charge is 2.31. The van der Waals surface area contributed by atoms with Crippen molar-refractivity contribution in [1.29, 1.82) is 0 Å². The average Bonchev–Trinajstić information content (AvgIpc) is 2.90. The SMILES string of the molecule is CCCCC[C@H]1CC[C@H](CCC2CCC(c3c(F)c[c]c(Oc4ccc(C(F)(F)F)cc4)c3F)CC2)CC1. The van der Waals surface area contributed by atoms with Gasteiger partial charge in [0.25, 0.3) is 0 Å². The van der Waals surface area contributed by atoms with Crippen LogP contribution in [0.15, 0.2) is 30.3 Å². The van der Waals surface area contributed by atoms with Gasteiger partial charge in [-0.2, -0.15) is 13.2 Å². The van der Waals surface area contributed by atoms with Crippen molar-refractivity contribution in [3.63, 3.8) is 0 Å². The van der Waals surface area contributed by atoms with E-state index in [4.69, 9.17) is 4.74 Å². The number of halogens is 5. The number of hydrogen-bond donors (Lipinski definition) is 0. The normalized spacial score (nSPS) is 24.4. The summed E-state index contributed by atoms with van der Waals surface area (Å²) in [6, 6.07) is 7.54. The summed E-state index contributed by atoms with van der Waals surface area (Å²) in [6.45, 7) is 2.26. The minimum atomic E-state index is -4.47. The van der Waals surface area contributed by atoms with Crippen LogP contribution in [0.25, 0.3) is 0 Å². The summed E-state index contributed by atoms with van der Waals surface area (Å²) in [5, 5.41) is 0. The van der Waals surface area contributed by atoms with Crippen LogP contribution in [0.2, 0.25) is 0 Å². The summed E-state index contributed by atoms with van der Waals surface area (Å²) in [4.78, 5) is 0. The van der Waals surface area contributed by atoms with Crippen molar-refractivity contribution in [2.24, 2.45) is 17.8 Å². The molecule has 1 nitrogen and oxygen atoms in total. The Balaban J connectivity index is 1.26. The van der Waals surface area contributed by atoms with Gasteiger partial charge in [0.2, 0.25) is 0 Å². The van der Waals surface area contributed by atoms with Gasteiger partial charge in [-0.1, -0.05) is 71.1 Å². The minimum absolute atomic E-state index is 0.0190. The molecule has 2 aromatic rings. The second-order valence-electron chi connectivity index (χ2n) is 11.5. The Hall–Kier alpha value is -2.11. The molecule has 2 saturated carbocycles. The zero-order chi connectivity index (χ0) is 27.1. The van der Waals surface area contributed by atoms with E-state index < -0.39 is 23.4 Å². The lowest BCUT2D eigenvalue weighted by Gasteiger charge is -2.32. The van der Waals surface area contributed by atoms with E-state index in [-0.39, 0.29) is 23.0 Å². The van der Waals surface area contributed by atoms with Crippen molar-refractivity contribution in [3.8, 4) is 11.5 Å². The number of ether oxygens (including phenoxy) is 1. The van der Waals surface area contributed by atoms with Crippen molar-refractivity contribution >= 4 is 0 Å². The van der Waals surface area contributed by atoms with Crippen LogP contribution in [0.5, 0.6) is 11.5 Å². The highest BCUT2D eigenvalue weighted by atomic mass is 19.4. The predicted molar refractivity (Wildman–Crippen MR) is 140 cm³/mol. The van der Waals surface area contributed by atoms with E-state index in [1.165, 1.54) is 64.2 Å². The van der Waals surface area contributed by atoms with Gasteiger partial charge in [0.1, 0.15) is 11.6 Å². The van der Waals surface area contributed by atoms with Crippen LogP contribution in [0.3, 0.4) is 0 Å². The lowest BCUT2D eigenvalue weighted by molar-refractivity contribution is -0.137. The molecule has 1 radical (unpaired) electrons. The molecule has 6 heteroatoms. The first-order chi connectivity index (χ1) is 18.2. The quantitative estimate of drug-likeness (QED) is 0.217. The Labute approximate surface area is 224 Å². The summed E-state index contributed by atoms with van der Waals surface area (Å²) in [7, 11) is 0. The molecule has 2 aliphatic carbocycles. The molecule has 0 saturated heterocycles. The maximum Gasteiger partial charge on any atom is 0.416 e. The molecule has 0 atom stereocenters. The van der Waals surface area contributed by atoms with E-state index in [2.05, 4.69) is 13.0 Å². The van der Waals surface area contributed by atoms with Gasteiger partial charge in [-0.25, -0.2) is 8.78 Å². The highest BCUT2D eigenvalue weighted by Crippen LogP contribution is 2.43. The van der Waals surface area contributed by atoms with Crippen LogP contribution in [-0.2, 0) is 6.18 Å². The molecule has 0 unspecified atom stereocenters. The Morgan fingerprint density at radius 3 is 1.89 bits per heavy atom. The Bertz CT molecular complexity index is 1000. The van der Waals surface area contributed by atoms with Crippen molar-refractivity contribution in [1.82, 2.24) is 0 Å². The first-order valence-electron chi connectivity index (χ1n) is 14.5. The molecule has 0 spiro atoms. The maximum absolute atomic E-state index is 15.3. The van der Waals surface area contributed by atoms with Crippen molar-refractivity contribution in [3.05, 3.63) is 59.2 Å². The first-order valence-corrected chi connectivity index (χ1v) is 14.5. The number of alkyl halides is 3. The first kappa shape index (κ1) is 28.9. The minimum Gasteiger partial charge on any atom is -0.454 e. The molecule has 0 N–H and O–H groups in total. The monoisotopic (exact) mass is 535 g/mol. The largest absolute Gasteiger partial charge is 0.454 e. The van der Waals surface area contributed by atoms with Gasteiger partial charge in [-0.3, -0.25) is 0 Å². The summed E-state index contributed by atoms with van der Waals surface area (Å²) in [5.41, 5.74) is -0.800. The number of rotatable bonds is 10. The van der Waals surface area contributed by atoms with Crippen LogP contribution < -0.4 is 4.74 Å². The fourth-order valence-electron chi connectivity index (χ4n) is 6.48. The second-order valence-corrected chi connectivity index (χ2v) is 11.5. The number of hydrogen-bond acceptors (Lipinski definition) is 1. The summed E-state index contributed by atoms with van der Waals surface area (Å²) in [6.07, 6.45) is 12.3. The molecule has 4 rings (SSSR count). The molecule has 2 aromatic carbocycles. The molecule has 0 bridgehead atoms. The van der Waals surface area contributed by atoms with E-state index in [1.807, 2.05) is 0 Å². The molecule has 0 aliphatic heterocycles. The fourth-order valence-corrected chi connectivity index (χ4v) is 6.48. The second kappa shape index (κ2) is 13.3. The van der Waals surface area contributed by atoms with E-state index in [0.29, 0.717) is 5.92 Å². The van der Waals surface area contributed by atoms with Gasteiger partial charge in [-0.05, 0) is 79.7 Å². The summed E-state index contributed by atoms with van der Waals surface area (Å²) < 4.78 is 73.9. The third kappa shape index (κ3) is 7.72. The molecule has 0 amide bonds. The van der Waals surface area contributed by atoms with Crippen LogP contribution >= 0.6 is 0 Å². The van der Waals surface area contributed by atoms with E-state index in [1.54, 1.807) is 0 Å². The fraction of sp³-hybridized carbons (Fsp3) is 0.625. The molecular weight excluding hydrogens is 495 g/mol. The summed E-state index contributed by atoms with van der Waals surface area (Å²) in [5.74, 6) is 0.462. The molecule has 209 valence electrons. The van der Waals surface area contributed by atoms with Crippen LogP contribution in [0.1, 0.15) is 114 Å². The molecule has 2 aliphatic rings. The Morgan fingerprint density at radius 2 is 1.34 bits per heavy atom. The van der Waals surface area contributed by atoms with Crippen molar-refractivity contribution in [2.45, 2.75) is 109 Å². The molecule has 0 aromatic heterocycles. The zero-order valence-electron chi connectivity index (χ0n) is 22.4. The van der Waals surface area contributed by atoms with Crippen molar-refractivity contribution in [2.75, 3.05) is 0 Å². The van der Waals surface area contributed by atoms with E-state index in [0.717, 1.165) is 67.9 Å². The highest BCUT2D eigenvalue weighted by molar-refractivity contribution is 5.38. The number of unbranched alkanes of at least 4 members (excludes halogenated alkanes) is 2. The lowest BCUT2D eigenvalue weighted by Crippen LogP contribution is -2.18. The third-order valence-electron chi connectivity index (χ3n) is 8.85. The Kier molecular flexibility index (Phi) is 10.1. The standard InChI is InChI=1S/C32H40F5O/c1-2-3-4-5-22-6-8-23(9-7-22)10-11-24-12-14-25(15-13-24)30-28(33)20-21-29(31(30)34)38-27-18-16-26(17-19-27)32(35,36)37/h16-20,22-25H,2-15H2,1H3/t22-,23-,24?,25?. The zero-order valence-corrected chi connectivity index (χ0v) is 22.4. The van der Waals surface area contributed by atoms with Gasteiger partial charge in [0, 0.05) is 11.6 Å². The van der Waals surface area contributed by atoms with Gasteiger partial charge in [-0.15, -0.1) is 0 Å². The van der Waals surface area contributed by atoms with Crippen molar-refractivity contribution < 1.29 is 26.7 Å². The predicted octanol–water partition coefficient (Wildman–Crippen LogP) is 11.0. The number of benzene rings is 2. The lowest BCUT2D eigenvalue weighted by atomic mass is 9.73. The molecule has 38 heavy (non-hydrogen) atoms. The Morgan fingerprint density at radius 1 is 0.789 bits per heavy atom. The third-order valence-corrected chi connectivity index (χ3v) is 8.85. The van der Waals surface area contributed by atoms with Crippen LogP contribution in [-0.4, -0.2) is 0 Å². The van der Waals surface area contributed by atoms with Crippen LogP contribution in [0, 0.1) is 35.5 Å². The van der Waals surface area contributed by atoms with Gasteiger partial charge < -0.3 is 4.74 Å². The smallest absolute Gasteiger partial charge is 0.416 e. The topological polar surface area (TPSA) is 9.23 Å². The summed E-state index contributed by atoms with van der Waals surface area (Å²) >= 11 is 0. The molecule has 0 heterocycles. The maximum atomic E-state index is 15.3. The molecule has 2 fully saturated rings. The van der Waals surface area contributed by atoms with Gasteiger partial charge in [0.15, 0.2) is 11.6 Å². The van der Waals surface area contributed by atoms with E-state index in [9.17, 15) is 17.6 Å². The molecular formula is C32H40F5O. The van der Waals surface area contributed by atoms with Gasteiger partial charge >= 0.3 is 6.18 Å².